The van der Waals surface area contributed by atoms with Gasteiger partial charge in [-0.05, 0) is 47.1 Å². The largest absolute Gasteiger partial charge is 0.573 e. The average Bonchev–Trinajstić information content (AvgIpc) is 2.75. The molecule has 1 atom stereocenters. The van der Waals surface area contributed by atoms with Crippen LogP contribution in [0.1, 0.15) is 39.7 Å². The van der Waals surface area contributed by atoms with Crippen LogP contribution in [0.15, 0.2) is 48.5 Å². The number of nitrogens with one attached hydrogen (secondary N) is 2. The molecule has 0 saturated heterocycles. The van der Waals surface area contributed by atoms with E-state index in [-0.39, 0.29) is 23.7 Å². The minimum absolute atomic E-state index is 0.165. The maximum atomic E-state index is 12.4. The van der Waals surface area contributed by atoms with Crippen LogP contribution >= 0.6 is 0 Å². The summed E-state index contributed by atoms with van der Waals surface area (Å²) in [4.78, 5) is 24.3. The molecule has 34 heavy (non-hydrogen) atoms. The normalized spacial score (nSPS) is 12.6. The van der Waals surface area contributed by atoms with Gasteiger partial charge in [0.2, 0.25) is 5.91 Å². The zero-order valence-electron chi connectivity index (χ0n) is 19.8. The molecule has 2 N–H and O–H groups in total. The second-order valence-electron chi connectivity index (χ2n) is 9.05. The molecule has 0 aliphatic heterocycles. The molecule has 0 aliphatic rings. The summed E-state index contributed by atoms with van der Waals surface area (Å²) in [6, 6.07) is 12.5. The predicted molar refractivity (Wildman–Crippen MR) is 123 cm³/mol. The molecule has 2 aromatic rings. The first-order chi connectivity index (χ1) is 15.9. The Morgan fingerprint density at radius 3 is 2.00 bits per heavy atom. The van der Waals surface area contributed by atoms with E-state index < -0.39 is 18.5 Å². The Morgan fingerprint density at radius 2 is 1.50 bits per heavy atom. The molecule has 0 saturated carbocycles. The summed E-state index contributed by atoms with van der Waals surface area (Å²) >= 11 is 0. The second kappa shape index (κ2) is 11.8. The van der Waals surface area contributed by atoms with E-state index in [2.05, 4.69) is 15.4 Å². The van der Waals surface area contributed by atoms with Crippen molar-refractivity contribution in [1.29, 1.82) is 0 Å². The van der Waals surface area contributed by atoms with Gasteiger partial charge in [-0.1, -0.05) is 64.1 Å². The Labute approximate surface area is 197 Å². The molecule has 9 heteroatoms. The molecule has 6 nitrogen and oxygen atoms in total. The molecule has 186 valence electrons. The number of alkyl halides is 3. The van der Waals surface area contributed by atoms with Gasteiger partial charge in [-0.3, -0.25) is 4.79 Å². The molecule has 0 heterocycles. The number of carbonyl (C=O) groups is 2. The summed E-state index contributed by atoms with van der Waals surface area (Å²) in [6.45, 7) is 8.27. The van der Waals surface area contributed by atoms with E-state index in [1.165, 1.54) is 12.1 Å². The fourth-order valence-corrected chi connectivity index (χ4v) is 2.99. The highest BCUT2D eigenvalue weighted by atomic mass is 19.4. The standard InChI is InChI=1S/C25H31F3N2O4/c1-5-21(30-23(32)33-16-24(2,3)4)22(31)29-15-14-17-6-8-18(9-7-17)19-10-12-20(13-11-19)34-25(26,27)28/h6-13,21H,5,14-16H2,1-4H3,(H,29,31)(H,30,32)/t21-/m0/s1. The van der Waals surface area contributed by atoms with Gasteiger partial charge >= 0.3 is 12.5 Å². The van der Waals surface area contributed by atoms with Gasteiger partial charge in [-0.25, -0.2) is 4.79 Å². The van der Waals surface area contributed by atoms with E-state index >= 15 is 0 Å². The van der Waals surface area contributed by atoms with Crippen LogP contribution in [0.4, 0.5) is 18.0 Å². The Kier molecular flexibility index (Phi) is 9.35. The van der Waals surface area contributed by atoms with Gasteiger partial charge in [0, 0.05) is 6.54 Å². The molecule has 0 spiro atoms. The Morgan fingerprint density at radius 1 is 0.941 bits per heavy atom. The monoisotopic (exact) mass is 480 g/mol. The third-order valence-electron chi connectivity index (χ3n) is 4.74. The first-order valence-electron chi connectivity index (χ1n) is 11.0. The van der Waals surface area contributed by atoms with E-state index in [0.29, 0.717) is 19.4 Å². The summed E-state index contributed by atoms with van der Waals surface area (Å²) in [7, 11) is 0. The quantitative estimate of drug-likeness (QED) is 0.500. The average molecular weight is 481 g/mol. The van der Waals surface area contributed by atoms with Crippen LogP contribution in [0, 0.1) is 5.41 Å². The maximum absolute atomic E-state index is 12.4. The zero-order valence-corrected chi connectivity index (χ0v) is 19.8. The van der Waals surface area contributed by atoms with Crippen molar-refractivity contribution in [3.05, 3.63) is 54.1 Å². The smallest absolute Gasteiger partial charge is 0.449 e. The number of hydrogen-bond acceptors (Lipinski definition) is 4. The molecule has 0 bridgehead atoms. The molecular weight excluding hydrogens is 449 g/mol. The highest BCUT2D eigenvalue weighted by Crippen LogP contribution is 2.26. The minimum Gasteiger partial charge on any atom is -0.449 e. The van der Waals surface area contributed by atoms with Crippen LogP contribution in [0.2, 0.25) is 0 Å². The molecule has 0 aromatic heterocycles. The summed E-state index contributed by atoms with van der Waals surface area (Å²) in [5, 5.41) is 5.40. The van der Waals surface area contributed by atoms with E-state index in [4.69, 9.17) is 4.74 Å². The first kappa shape index (κ1) is 27.0. The lowest BCUT2D eigenvalue weighted by atomic mass is 9.99. The first-order valence-corrected chi connectivity index (χ1v) is 11.0. The van der Waals surface area contributed by atoms with E-state index in [1.54, 1.807) is 19.1 Å². The number of carbonyl (C=O) groups excluding carboxylic acids is 2. The summed E-state index contributed by atoms with van der Waals surface area (Å²) < 4.78 is 45.9. The van der Waals surface area contributed by atoms with Crippen molar-refractivity contribution < 1.29 is 32.2 Å². The topological polar surface area (TPSA) is 76.7 Å². The van der Waals surface area contributed by atoms with Gasteiger partial charge in [0.25, 0.3) is 0 Å². The molecule has 0 radical (unpaired) electrons. The van der Waals surface area contributed by atoms with Crippen molar-refractivity contribution >= 4 is 12.0 Å². The zero-order chi connectivity index (χ0) is 25.4. The number of hydrogen-bond donors (Lipinski definition) is 2. The van der Waals surface area contributed by atoms with Crippen LogP contribution in [0.5, 0.6) is 5.75 Å². The van der Waals surface area contributed by atoms with Crippen molar-refractivity contribution in [3.8, 4) is 16.9 Å². The van der Waals surface area contributed by atoms with Crippen LogP contribution in [-0.2, 0) is 16.0 Å². The molecular formula is C25H31F3N2O4. The fourth-order valence-electron chi connectivity index (χ4n) is 2.99. The number of benzene rings is 2. The number of halogens is 3. The molecule has 2 aromatic carbocycles. The highest BCUT2D eigenvalue weighted by Gasteiger charge is 2.31. The number of rotatable bonds is 9. The summed E-state index contributed by atoms with van der Waals surface area (Å²) in [6.07, 6.45) is -4.33. The lowest BCUT2D eigenvalue weighted by Gasteiger charge is -2.20. The third-order valence-corrected chi connectivity index (χ3v) is 4.74. The number of amides is 2. The lowest BCUT2D eigenvalue weighted by Crippen LogP contribution is -2.47. The SMILES string of the molecule is CC[C@H](NC(=O)OCC(C)(C)C)C(=O)NCCc1ccc(-c2ccc(OC(F)(F)F)cc2)cc1. The predicted octanol–water partition coefficient (Wildman–Crippen LogP) is 5.46. The van der Waals surface area contributed by atoms with Crippen molar-refractivity contribution in [2.75, 3.05) is 13.2 Å². The Balaban J connectivity index is 1.82. The number of ether oxygens (including phenoxy) is 2. The number of alkyl carbamates (subject to hydrolysis) is 1. The van der Waals surface area contributed by atoms with E-state index in [0.717, 1.165) is 16.7 Å². The minimum atomic E-state index is -4.72. The molecule has 2 rings (SSSR count). The fraction of sp³-hybridized carbons (Fsp3) is 0.440. The summed E-state index contributed by atoms with van der Waals surface area (Å²) in [5.74, 6) is -0.557. The second-order valence-corrected chi connectivity index (χ2v) is 9.05. The van der Waals surface area contributed by atoms with Crippen LogP contribution in [0.25, 0.3) is 11.1 Å². The van der Waals surface area contributed by atoms with Gasteiger partial charge in [0.05, 0.1) is 6.61 Å². The lowest BCUT2D eigenvalue weighted by molar-refractivity contribution is -0.274. The third kappa shape index (κ3) is 9.72. The Hall–Kier alpha value is -3.23. The summed E-state index contributed by atoms with van der Waals surface area (Å²) in [5.41, 5.74) is 2.41. The van der Waals surface area contributed by atoms with Crippen molar-refractivity contribution in [2.45, 2.75) is 52.9 Å². The highest BCUT2D eigenvalue weighted by molar-refractivity contribution is 5.85. The molecule has 0 fully saturated rings. The van der Waals surface area contributed by atoms with Gasteiger partial charge in [-0.2, -0.15) is 0 Å². The van der Waals surface area contributed by atoms with E-state index in [1.807, 2.05) is 45.0 Å². The van der Waals surface area contributed by atoms with Gasteiger partial charge in [0.1, 0.15) is 11.8 Å². The van der Waals surface area contributed by atoms with Gasteiger partial charge in [0.15, 0.2) is 0 Å². The Bertz CT molecular complexity index is 937. The van der Waals surface area contributed by atoms with Crippen LogP contribution in [0.3, 0.4) is 0 Å². The maximum Gasteiger partial charge on any atom is 0.573 e. The van der Waals surface area contributed by atoms with E-state index in [9.17, 15) is 22.8 Å². The van der Waals surface area contributed by atoms with Crippen LogP contribution in [-0.4, -0.2) is 37.6 Å². The molecule has 0 aliphatic carbocycles. The van der Waals surface area contributed by atoms with Crippen LogP contribution < -0.4 is 15.4 Å². The van der Waals surface area contributed by atoms with Gasteiger partial charge < -0.3 is 20.1 Å². The van der Waals surface area contributed by atoms with Crippen molar-refractivity contribution in [2.24, 2.45) is 5.41 Å². The van der Waals surface area contributed by atoms with Gasteiger partial charge in [-0.15, -0.1) is 13.2 Å². The molecule has 2 amide bonds. The molecule has 0 unspecified atom stereocenters. The van der Waals surface area contributed by atoms with Crippen molar-refractivity contribution in [1.82, 2.24) is 10.6 Å². The van der Waals surface area contributed by atoms with Crippen molar-refractivity contribution in [3.63, 3.8) is 0 Å².